The molecule has 5 nitrogen and oxygen atoms in total. The molecule has 0 unspecified atom stereocenters. The fourth-order valence-electron chi connectivity index (χ4n) is 3.65. The predicted octanol–water partition coefficient (Wildman–Crippen LogP) is 6.58. The molecule has 36 heavy (non-hydrogen) atoms. The van der Waals surface area contributed by atoms with Crippen molar-refractivity contribution in [3.05, 3.63) is 99.0 Å². The number of benzene rings is 3. The molecule has 1 N–H and O–H groups in total. The molecule has 0 heterocycles. The summed E-state index contributed by atoms with van der Waals surface area (Å²) in [5.41, 5.74) is 1.24. The van der Waals surface area contributed by atoms with Crippen molar-refractivity contribution >= 4 is 46.6 Å². The summed E-state index contributed by atoms with van der Waals surface area (Å²) in [4.78, 5) is 28.7. The fourth-order valence-corrected chi connectivity index (χ4v) is 4.33. The Morgan fingerprint density at radius 2 is 1.56 bits per heavy atom. The SMILES string of the molecule is CC(C)(C)NC(=O)[C@H](Cc1ccccc1)N(Cc1cccc(Cl)c1)C(=O)COc1ccc(Cl)cc1Cl. The molecule has 0 spiro atoms. The Labute approximate surface area is 227 Å². The summed E-state index contributed by atoms with van der Waals surface area (Å²) >= 11 is 18.4. The number of nitrogens with one attached hydrogen (secondary N) is 1. The Morgan fingerprint density at radius 1 is 0.889 bits per heavy atom. The summed E-state index contributed by atoms with van der Waals surface area (Å²) in [6, 6.07) is 20.8. The van der Waals surface area contributed by atoms with Crippen LogP contribution in [0, 0.1) is 0 Å². The highest BCUT2D eigenvalue weighted by Gasteiger charge is 2.32. The van der Waals surface area contributed by atoms with E-state index in [0.717, 1.165) is 11.1 Å². The molecule has 2 amide bonds. The molecule has 0 aliphatic carbocycles. The number of ether oxygens (including phenoxy) is 1. The van der Waals surface area contributed by atoms with Crippen LogP contribution in [0.1, 0.15) is 31.9 Å². The standard InChI is InChI=1S/C28H29Cl3N2O3/c1-28(2,3)32-27(35)24(15-19-8-5-4-6-9-19)33(17-20-10-7-11-21(29)14-20)26(34)18-36-25-13-12-22(30)16-23(25)31/h4-14,16,24H,15,17-18H2,1-3H3,(H,32,35)/t24-/m0/s1. The number of hydrogen-bond acceptors (Lipinski definition) is 3. The first-order valence-corrected chi connectivity index (χ1v) is 12.6. The van der Waals surface area contributed by atoms with E-state index in [1.165, 1.54) is 4.90 Å². The maximum atomic E-state index is 13.6. The molecule has 0 aliphatic rings. The van der Waals surface area contributed by atoms with Crippen molar-refractivity contribution < 1.29 is 14.3 Å². The van der Waals surface area contributed by atoms with E-state index >= 15 is 0 Å². The number of amides is 2. The van der Waals surface area contributed by atoms with Gasteiger partial charge in [-0.15, -0.1) is 0 Å². The Hall–Kier alpha value is -2.73. The second-order valence-corrected chi connectivity index (χ2v) is 10.7. The Balaban J connectivity index is 1.94. The number of halogens is 3. The van der Waals surface area contributed by atoms with Crippen molar-refractivity contribution in [2.75, 3.05) is 6.61 Å². The van der Waals surface area contributed by atoms with Crippen LogP contribution in [0.3, 0.4) is 0 Å². The van der Waals surface area contributed by atoms with Gasteiger partial charge < -0.3 is 15.0 Å². The monoisotopic (exact) mass is 546 g/mol. The van der Waals surface area contributed by atoms with Gasteiger partial charge >= 0.3 is 0 Å². The molecular formula is C28H29Cl3N2O3. The van der Waals surface area contributed by atoms with Gasteiger partial charge in [0, 0.05) is 28.5 Å². The summed E-state index contributed by atoms with van der Waals surface area (Å²) in [6.07, 6.45) is 0.330. The van der Waals surface area contributed by atoms with Gasteiger partial charge in [-0.2, -0.15) is 0 Å². The number of carbonyl (C=O) groups excluding carboxylic acids is 2. The van der Waals surface area contributed by atoms with Gasteiger partial charge in [-0.3, -0.25) is 9.59 Å². The van der Waals surface area contributed by atoms with Gasteiger partial charge in [-0.1, -0.05) is 77.3 Å². The Morgan fingerprint density at radius 3 is 2.19 bits per heavy atom. The minimum atomic E-state index is -0.789. The fraction of sp³-hybridized carbons (Fsp3) is 0.286. The minimum Gasteiger partial charge on any atom is -0.482 e. The maximum Gasteiger partial charge on any atom is 0.261 e. The smallest absolute Gasteiger partial charge is 0.261 e. The van der Waals surface area contributed by atoms with Crippen LogP contribution >= 0.6 is 34.8 Å². The largest absolute Gasteiger partial charge is 0.482 e. The van der Waals surface area contributed by atoms with E-state index in [9.17, 15) is 9.59 Å². The van der Waals surface area contributed by atoms with Crippen molar-refractivity contribution in [2.45, 2.75) is 45.3 Å². The third kappa shape index (κ3) is 8.44. The molecule has 0 saturated heterocycles. The van der Waals surface area contributed by atoms with Crippen molar-refractivity contribution in [3.8, 4) is 5.75 Å². The molecule has 0 aromatic heterocycles. The number of carbonyl (C=O) groups is 2. The number of nitrogens with zero attached hydrogens (tertiary/aromatic N) is 1. The highest BCUT2D eigenvalue weighted by Crippen LogP contribution is 2.28. The second-order valence-electron chi connectivity index (χ2n) is 9.46. The molecule has 190 valence electrons. The molecule has 0 saturated carbocycles. The van der Waals surface area contributed by atoms with Crippen molar-refractivity contribution in [1.82, 2.24) is 10.2 Å². The highest BCUT2D eigenvalue weighted by atomic mass is 35.5. The van der Waals surface area contributed by atoms with Crippen molar-refractivity contribution in [1.29, 1.82) is 0 Å². The average Bonchev–Trinajstić information content (AvgIpc) is 2.80. The van der Waals surface area contributed by atoms with E-state index in [4.69, 9.17) is 39.5 Å². The minimum absolute atomic E-state index is 0.173. The topological polar surface area (TPSA) is 58.6 Å². The highest BCUT2D eigenvalue weighted by molar-refractivity contribution is 6.35. The van der Waals surface area contributed by atoms with Crippen LogP contribution < -0.4 is 10.1 Å². The van der Waals surface area contributed by atoms with Gasteiger partial charge in [0.15, 0.2) is 6.61 Å². The number of rotatable bonds is 9. The lowest BCUT2D eigenvalue weighted by Gasteiger charge is -2.33. The van der Waals surface area contributed by atoms with E-state index in [1.807, 2.05) is 63.2 Å². The van der Waals surface area contributed by atoms with Gasteiger partial charge in [0.05, 0.1) is 5.02 Å². The molecule has 1 atom stereocenters. The lowest BCUT2D eigenvalue weighted by Crippen LogP contribution is -2.55. The van der Waals surface area contributed by atoms with Crippen LogP contribution in [-0.4, -0.2) is 34.9 Å². The van der Waals surface area contributed by atoms with Gasteiger partial charge in [-0.05, 0) is 62.2 Å². The van der Waals surface area contributed by atoms with E-state index in [2.05, 4.69) is 5.32 Å². The summed E-state index contributed by atoms with van der Waals surface area (Å²) < 4.78 is 5.74. The van der Waals surface area contributed by atoms with Gasteiger partial charge in [-0.25, -0.2) is 0 Å². The summed E-state index contributed by atoms with van der Waals surface area (Å²) in [7, 11) is 0. The second kappa shape index (κ2) is 12.5. The van der Waals surface area contributed by atoms with Crippen LogP contribution in [0.5, 0.6) is 5.75 Å². The lowest BCUT2D eigenvalue weighted by molar-refractivity contribution is -0.143. The van der Waals surface area contributed by atoms with Crippen molar-refractivity contribution in [3.63, 3.8) is 0 Å². The molecule has 8 heteroatoms. The first-order chi connectivity index (χ1) is 17.0. The third-order valence-corrected chi connectivity index (χ3v) is 6.02. The van der Waals surface area contributed by atoms with Crippen LogP contribution in [0.4, 0.5) is 0 Å². The van der Waals surface area contributed by atoms with Crippen molar-refractivity contribution in [2.24, 2.45) is 0 Å². The van der Waals surface area contributed by atoms with E-state index in [-0.39, 0.29) is 25.0 Å². The van der Waals surface area contributed by atoms with Crippen LogP contribution in [0.25, 0.3) is 0 Å². The summed E-state index contributed by atoms with van der Waals surface area (Å²) in [5.74, 6) is -0.298. The number of hydrogen-bond donors (Lipinski definition) is 1. The molecule has 0 bridgehead atoms. The van der Waals surface area contributed by atoms with Crippen LogP contribution in [-0.2, 0) is 22.6 Å². The maximum absolute atomic E-state index is 13.6. The quantitative estimate of drug-likeness (QED) is 0.329. The summed E-state index contributed by atoms with van der Waals surface area (Å²) in [6.45, 7) is 5.57. The van der Waals surface area contributed by atoms with Gasteiger partial charge in [0.1, 0.15) is 11.8 Å². The zero-order chi connectivity index (χ0) is 26.3. The van der Waals surface area contributed by atoms with E-state index in [1.54, 1.807) is 30.3 Å². The zero-order valence-corrected chi connectivity index (χ0v) is 22.7. The Kier molecular flexibility index (Phi) is 9.66. The van der Waals surface area contributed by atoms with Gasteiger partial charge in [0.2, 0.25) is 5.91 Å². The zero-order valence-electron chi connectivity index (χ0n) is 20.4. The predicted molar refractivity (Wildman–Crippen MR) is 146 cm³/mol. The summed E-state index contributed by atoms with van der Waals surface area (Å²) in [5, 5.41) is 4.33. The third-order valence-electron chi connectivity index (χ3n) is 5.26. The van der Waals surface area contributed by atoms with E-state index in [0.29, 0.717) is 27.2 Å². The molecule has 0 radical (unpaired) electrons. The normalized spacial score (nSPS) is 12.1. The molecule has 0 aliphatic heterocycles. The van der Waals surface area contributed by atoms with Gasteiger partial charge in [0.25, 0.3) is 5.91 Å². The first-order valence-electron chi connectivity index (χ1n) is 11.5. The first kappa shape index (κ1) is 27.9. The molecule has 3 aromatic rings. The average molecular weight is 548 g/mol. The van der Waals surface area contributed by atoms with Crippen LogP contribution in [0.2, 0.25) is 15.1 Å². The van der Waals surface area contributed by atoms with E-state index < -0.39 is 11.6 Å². The molecular weight excluding hydrogens is 519 g/mol. The molecule has 0 fully saturated rings. The lowest BCUT2D eigenvalue weighted by atomic mass is 10.0. The molecule has 3 aromatic carbocycles. The Bertz CT molecular complexity index is 1200. The molecule has 3 rings (SSSR count). The van der Waals surface area contributed by atoms with Crippen LogP contribution in [0.15, 0.2) is 72.8 Å².